The van der Waals surface area contributed by atoms with E-state index < -0.39 is 6.04 Å². The molecule has 0 fully saturated rings. The molecule has 38 heavy (non-hydrogen) atoms. The molecule has 0 saturated carbocycles. The average molecular weight is 508 g/mol. The van der Waals surface area contributed by atoms with E-state index in [1.807, 2.05) is 66.3 Å². The molecule has 0 radical (unpaired) electrons. The van der Waals surface area contributed by atoms with Gasteiger partial charge in [0.05, 0.1) is 36.8 Å². The van der Waals surface area contributed by atoms with Gasteiger partial charge in [-0.3, -0.25) is 0 Å². The highest BCUT2D eigenvalue weighted by Gasteiger charge is 2.36. The Morgan fingerprint density at radius 3 is 2.53 bits per heavy atom. The number of halogens is 1. The number of carbonyl (C=O) groups is 1. The summed E-state index contributed by atoms with van der Waals surface area (Å²) in [4.78, 5) is 15.7. The number of anilines is 1. The van der Waals surface area contributed by atoms with Crippen molar-refractivity contribution in [3.63, 3.8) is 0 Å². The molecule has 2 amide bonds. The maximum atomic E-state index is 14.5. The molecule has 1 aliphatic rings. The van der Waals surface area contributed by atoms with Crippen LogP contribution in [0.1, 0.15) is 28.6 Å². The zero-order valence-electron chi connectivity index (χ0n) is 21.0. The molecular weight excluding hydrogens is 481 g/mol. The van der Waals surface area contributed by atoms with Gasteiger partial charge in [-0.2, -0.15) is 5.10 Å². The number of carbonyl (C=O) groups excluding carboxylic acids is 1. The summed E-state index contributed by atoms with van der Waals surface area (Å²) in [6.07, 6.45) is 1.96. The van der Waals surface area contributed by atoms with Crippen LogP contribution in [0.15, 0.2) is 97.2 Å². The van der Waals surface area contributed by atoms with Crippen LogP contribution in [0.2, 0.25) is 0 Å². The predicted molar refractivity (Wildman–Crippen MR) is 143 cm³/mol. The van der Waals surface area contributed by atoms with Gasteiger partial charge in [0.15, 0.2) is 0 Å². The van der Waals surface area contributed by atoms with Crippen LogP contribution in [0.25, 0.3) is 11.5 Å². The zero-order chi connectivity index (χ0) is 26.2. The molecule has 3 aromatic carbocycles. The van der Waals surface area contributed by atoms with E-state index in [2.05, 4.69) is 9.88 Å². The number of benzene rings is 3. The Labute approximate surface area is 219 Å². The monoisotopic (exact) mass is 507 g/mol. The summed E-state index contributed by atoms with van der Waals surface area (Å²) in [7, 11) is 1.60. The van der Waals surface area contributed by atoms with E-state index >= 15 is 0 Å². The summed E-state index contributed by atoms with van der Waals surface area (Å²) in [6, 6.07) is 26.5. The van der Waals surface area contributed by atoms with Gasteiger partial charge in [-0.25, -0.2) is 13.9 Å². The van der Waals surface area contributed by atoms with Crippen LogP contribution in [0.5, 0.6) is 5.75 Å². The summed E-state index contributed by atoms with van der Waals surface area (Å²) in [5.41, 5.74) is 4.77. The van der Waals surface area contributed by atoms with Gasteiger partial charge in [0.1, 0.15) is 17.4 Å². The minimum absolute atomic E-state index is 0.277. The molecule has 3 heterocycles. The lowest BCUT2D eigenvalue weighted by Gasteiger charge is -2.31. The third-order valence-corrected chi connectivity index (χ3v) is 6.85. The number of urea groups is 1. The van der Waals surface area contributed by atoms with E-state index in [9.17, 15) is 9.18 Å². The second-order valence-corrected chi connectivity index (χ2v) is 9.18. The molecule has 0 spiro atoms. The molecule has 1 N–H and O–H groups in total. The van der Waals surface area contributed by atoms with Crippen molar-refractivity contribution in [3.8, 4) is 17.3 Å². The number of aromatic nitrogens is 3. The number of ether oxygens (including phenoxy) is 1. The first-order valence-corrected chi connectivity index (χ1v) is 12.3. The molecular formula is C30H26FN5O2. The number of rotatable bonds is 4. The fourth-order valence-electron chi connectivity index (χ4n) is 5.05. The van der Waals surface area contributed by atoms with Gasteiger partial charge in [0.25, 0.3) is 0 Å². The highest BCUT2D eigenvalue weighted by atomic mass is 19.1. The SMILES string of the molecule is COc1ccc(NC(=O)N2Cc3c(C)nn(-c4ccccc4)c3-n3cccc3[C@@H]2c2cccc(F)c2)cc1. The summed E-state index contributed by atoms with van der Waals surface area (Å²) in [5.74, 6) is 1.20. The molecule has 8 heteroatoms. The molecule has 0 unspecified atom stereocenters. The fourth-order valence-corrected chi connectivity index (χ4v) is 5.05. The summed E-state index contributed by atoms with van der Waals surface area (Å²) in [6.45, 7) is 2.22. The first-order valence-electron chi connectivity index (χ1n) is 12.3. The van der Waals surface area contributed by atoms with Crippen LogP contribution in [0.4, 0.5) is 14.9 Å². The van der Waals surface area contributed by atoms with Gasteiger partial charge < -0.3 is 19.5 Å². The molecule has 2 aromatic heterocycles. The maximum Gasteiger partial charge on any atom is 0.322 e. The zero-order valence-corrected chi connectivity index (χ0v) is 21.0. The number of hydrogen-bond donors (Lipinski definition) is 1. The lowest BCUT2D eigenvalue weighted by Crippen LogP contribution is -2.38. The summed E-state index contributed by atoms with van der Waals surface area (Å²) < 4.78 is 23.7. The fraction of sp³-hybridized carbons (Fsp3) is 0.133. The highest BCUT2D eigenvalue weighted by Crippen LogP contribution is 2.39. The summed E-state index contributed by atoms with van der Waals surface area (Å²) >= 11 is 0. The highest BCUT2D eigenvalue weighted by molar-refractivity contribution is 5.90. The van der Waals surface area contributed by atoms with Crippen molar-refractivity contribution >= 4 is 11.7 Å². The molecule has 7 nitrogen and oxygen atoms in total. The molecule has 0 saturated heterocycles. The Kier molecular flexibility index (Phi) is 5.92. The Hall–Kier alpha value is -4.85. The topological polar surface area (TPSA) is 64.3 Å². The van der Waals surface area contributed by atoms with Crippen molar-refractivity contribution in [1.29, 1.82) is 0 Å². The van der Waals surface area contributed by atoms with E-state index in [4.69, 9.17) is 9.84 Å². The van der Waals surface area contributed by atoms with Crippen molar-refractivity contribution in [2.45, 2.75) is 19.5 Å². The Morgan fingerprint density at radius 1 is 1.00 bits per heavy atom. The lowest BCUT2D eigenvalue weighted by molar-refractivity contribution is 0.194. The number of fused-ring (bicyclic) bond motifs is 3. The molecule has 5 aromatic rings. The first kappa shape index (κ1) is 23.5. The normalized spacial score (nSPS) is 14.4. The van der Waals surface area contributed by atoms with Crippen LogP contribution in [0.3, 0.4) is 0 Å². The van der Waals surface area contributed by atoms with E-state index in [0.717, 1.165) is 28.5 Å². The standard InChI is InChI=1S/C30H26FN5O2/c1-20-26-19-35(30(37)32-23-13-15-25(38-2)16-14-23)28(21-8-6-9-22(31)18-21)27-12-7-17-34(27)29(26)36(33-20)24-10-4-3-5-11-24/h3-18,28H,19H2,1-2H3,(H,32,37)/t28-/m0/s1. The quantitative estimate of drug-likeness (QED) is 0.312. The van der Waals surface area contributed by atoms with Gasteiger partial charge >= 0.3 is 6.03 Å². The molecule has 0 bridgehead atoms. The number of aryl methyl sites for hydroxylation is 1. The summed E-state index contributed by atoms with van der Waals surface area (Å²) in [5, 5.41) is 7.87. The Morgan fingerprint density at radius 2 is 1.79 bits per heavy atom. The largest absolute Gasteiger partial charge is 0.497 e. The molecule has 0 aliphatic carbocycles. The number of methoxy groups -OCH3 is 1. The van der Waals surface area contributed by atoms with Gasteiger partial charge in [0.2, 0.25) is 0 Å². The molecule has 6 rings (SSSR count). The minimum Gasteiger partial charge on any atom is -0.497 e. The van der Waals surface area contributed by atoms with Gasteiger partial charge in [-0.05, 0) is 73.2 Å². The van der Waals surface area contributed by atoms with Gasteiger partial charge in [-0.15, -0.1) is 0 Å². The van der Waals surface area contributed by atoms with Crippen molar-refractivity contribution in [1.82, 2.24) is 19.2 Å². The van der Waals surface area contributed by atoms with E-state index in [1.165, 1.54) is 12.1 Å². The maximum absolute atomic E-state index is 14.5. The van der Waals surface area contributed by atoms with E-state index in [0.29, 0.717) is 17.0 Å². The first-order chi connectivity index (χ1) is 18.5. The van der Waals surface area contributed by atoms with Crippen molar-refractivity contribution in [3.05, 3.63) is 126 Å². The Bertz CT molecular complexity index is 1610. The number of amides is 2. The average Bonchev–Trinajstić information content (AvgIpc) is 3.50. The van der Waals surface area contributed by atoms with Crippen LogP contribution in [0, 0.1) is 12.7 Å². The molecule has 1 atom stereocenters. The second-order valence-electron chi connectivity index (χ2n) is 9.18. The van der Waals surface area contributed by atoms with Gasteiger partial charge in [-0.1, -0.05) is 30.3 Å². The van der Waals surface area contributed by atoms with E-state index in [1.54, 1.807) is 42.3 Å². The number of nitrogens with one attached hydrogen (secondary N) is 1. The van der Waals surface area contributed by atoms with Crippen LogP contribution < -0.4 is 10.1 Å². The van der Waals surface area contributed by atoms with E-state index in [-0.39, 0.29) is 18.4 Å². The number of nitrogens with zero attached hydrogens (tertiary/aromatic N) is 4. The van der Waals surface area contributed by atoms with Crippen molar-refractivity contribution in [2.75, 3.05) is 12.4 Å². The molecule has 1 aliphatic heterocycles. The van der Waals surface area contributed by atoms with Crippen molar-refractivity contribution < 1.29 is 13.9 Å². The van der Waals surface area contributed by atoms with Gasteiger partial charge in [0, 0.05) is 17.4 Å². The smallest absolute Gasteiger partial charge is 0.322 e. The van der Waals surface area contributed by atoms with Crippen LogP contribution >= 0.6 is 0 Å². The Balaban J connectivity index is 1.51. The third kappa shape index (κ3) is 4.10. The number of para-hydroxylation sites is 1. The second kappa shape index (κ2) is 9.55. The minimum atomic E-state index is -0.546. The third-order valence-electron chi connectivity index (χ3n) is 6.85. The van der Waals surface area contributed by atoms with Crippen LogP contribution in [-0.4, -0.2) is 32.4 Å². The predicted octanol–water partition coefficient (Wildman–Crippen LogP) is 6.26. The number of hydrogen-bond acceptors (Lipinski definition) is 3. The van der Waals surface area contributed by atoms with Crippen LogP contribution in [-0.2, 0) is 6.54 Å². The molecule has 190 valence electrons. The lowest BCUT2D eigenvalue weighted by atomic mass is 10.0. The van der Waals surface area contributed by atoms with Crippen molar-refractivity contribution in [2.24, 2.45) is 0 Å².